The number of nitrogens with one attached hydrogen (secondary N) is 1. The summed E-state index contributed by atoms with van der Waals surface area (Å²) in [7, 11) is 0. The summed E-state index contributed by atoms with van der Waals surface area (Å²) in [6, 6.07) is 4.73. The summed E-state index contributed by atoms with van der Waals surface area (Å²) in [6.07, 6.45) is 0. The lowest BCUT2D eigenvalue weighted by Crippen LogP contribution is -2.26. The van der Waals surface area contributed by atoms with Gasteiger partial charge < -0.3 is 5.32 Å². The van der Waals surface area contributed by atoms with Crippen molar-refractivity contribution in [3.05, 3.63) is 38.9 Å². The first-order valence-corrected chi connectivity index (χ1v) is 5.81. The normalized spacial score (nSPS) is 11.5. The van der Waals surface area contributed by atoms with Crippen molar-refractivity contribution in [3.8, 4) is 0 Å². The lowest BCUT2D eigenvalue weighted by Gasteiger charge is -2.19. The molecule has 5 heteroatoms. The van der Waals surface area contributed by atoms with Gasteiger partial charge in [0.25, 0.3) is 5.69 Å². The van der Waals surface area contributed by atoms with Crippen LogP contribution in [0.4, 0.5) is 5.69 Å². The predicted octanol–water partition coefficient (Wildman–Crippen LogP) is 3.38. The molecule has 0 aliphatic carbocycles. The second-order valence-electron chi connectivity index (χ2n) is 5.16. The fourth-order valence-electron chi connectivity index (χ4n) is 1.46. The Kier molecular flexibility index (Phi) is 4.48. The van der Waals surface area contributed by atoms with Crippen LogP contribution in [0.2, 0.25) is 5.02 Å². The van der Waals surface area contributed by atoms with Crippen LogP contribution in [0.15, 0.2) is 18.2 Å². The van der Waals surface area contributed by atoms with Crippen LogP contribution in [0, 0.1) is 15.5 Å². The van der Waals surface area contributed by atoms with E-state index in [9.17, 15) is 10.1 Å². The molecular weight excluding hydrogens is 240 g/mol. The Morgan fingerprint density at radius 3 is 2.59 bits per heavy atom. The van der Waals surface area contributed by atoms with Crippen molar-refractivity contribution in [1.82, 2.24) is 5.32 Å². The molecule has 0 atom stereocenters. The van der Waals surface area contributed by atoms with E-state index in [0.717, 1.165) is 6.54 Å². The van der Waals surface area contributed by atoms with Gasteiger partial charge in [-0.3, -0.25) is 10.1 Å². The summed E-state index contributed by atoms with van der Waals surface area (Å²) in [5.41, 5.74) is 0.748. The molecule has 0 heterocycles. The molecule has 0 aromatic heterocycles. The molecule has 0 fully saturated rings. The Hall–Kier alpha value is -1.13. The second-order valence-corrected chi connectivity index (χ2v) is 5.57. The van der Waals surface area contributed by atoms with Gasteiger partial charge in [0.15, 0.2) is 0 Å². The molecule has 94 valence electrons. The summed E-state index contributed by atoms with van der Waals surface area (Å²) >= 11 is 5.98. The average Bonchev–Trinajstić information content (AvgIpc) is 2.18. The van der Waals surface area contributed by atoms with Gasteiger partial charge in [0.05, 0.1) is 15.5 Å². The quantitative estimate of drug-likeness (QED) is 0.664. The molecule has 0 aliphatic rings. The van der Waals surface area contributed by atoms with E-state index in [-0.39, 0.29) is 11.1 Å². The smallest absolute Gasteiger partial charge is 0.275 e. The molecule has 0 saturated carbocycles. The molecule has 1 rings (SSSR count). The van der Waals surface area contributed by atoms with Gasteiger partial charge >= 0.3 is 0 Å². The molecule has 17 heavy (non-hydrogen) atoms. The SMILES string of the molecule is CC(C)(C)CNCc1c(Cl)cccc1[N+](=O)[O-]. The average molecular weight is 257 g/mol. The van der Waals surface area contributed by atoms with Gasteiger partial charge in [0.1, 0.15) is 0 Å². The number of nitro groups is 1. The summed E-state index contributed by atoms with van der Waals surface area (Å²) < 4.78 is 0. The molecule has 0 bridgehead atoms. The number of benzene rings is 1. The van der Waals surface area contributed by atoms with Gasteiger partial charge in [-0.15, -0.1) is 0 Å². The maximum absolute atomic E-state index is 10.9. The minimum atomic E-state index is -0.403. The van der Waals surface area contributed by atoms with Crippen molar-refractivity contribution in [1.29, 1.82) is 0 Å². The van der Waals surface area contributed by atoms with Crippen molar-refractivity contribution < 1.29 is 4.92 Å². The number of nitrogens with zero attached hydrogens (tertiary/aromatic N) is 1. The van der Waals surface area contributed by atoms with Gasteiger partial charge in [0.2, 0.25) is 0 Å². The lowest BCUT2D eigenvalue weighted by molar-refractivity contribution is -0.385. The Labute approximate surface area is 106 Å². The largest absolute Gasteiger partial charge is 0.312 e. The maximum Gasteiger partial charge on any atom is 0.275 e. The maximum atomic E-state index is 10.9. The van der Waals surface area contributed by atoms with E-state index in [4.69, 9.17) is 11.6 Å². The number of hydrogen-bond donors (Lipinski definition) is 1. The van der Waals surface area contributed by atoms with Crippen molar-refractivity contribution in [2.75, 3.05) is 6.54 Å². The summed E-state index contributed by atoms with van der Waals surface area (Å²) in [4.78, 5) is 10.5. The van der Waals surface area contributed by atoms with E-state index in [1.807, 2.05) is 0 Å². The van der Waals surface area contributed by atoms with E-state index in [2.05, 4.69) is 26.1 Å². The molecule has 0 saturated heterocycles. The van der Waals surface area contributed by atoms with Crippen LogP contribution in [0.25, 0.3) is 0 Å². The molecular formula is C12H17ClN2O2. The molecule has 1 N–H and O–H groups in total. The van der Waals surface area contributed by atoms with Crippen molar-refractivity contribution in [2.45, 2.75) is 27.3 Å². The fourth-order valence-corrected chi connectivity index (χ4v) is 1.69. The molecule has 0 aliphatic heterocycles. The molecule has 0 unspecified atom stereocenters. The third-order valence-electron chi connectivity index (χ3n) is 2.25. The zero-order chi connectivity index (χ0) is 13.1. The monoisotopic (exact) mass is 256 g/mol. The van der Waals surface area contributed by atoms with E-state index in [1.54, 1.807) is 12.1 Å². The first-order valence-electron chi connectivity index (χ1n) is 5.44. The lowest BCUT2D eigenvalue weighted by atomic mass is 9.97. The molecule has 0 spiro atoms. The highest BCUT2D eigenvalue weighted by Gasteiger charge is 2.17. The van der Waals surface area contributed by atoms with Crippen molar-refractivity contribution in [3.63, 3.8) is 0 Å². The van der Waals surface area contributed by atoms with Crippen LogP contribution in [0.1, 0.15) is 26.3 Å². The van der Waals surface area contributed by atoms with Crippen molar-refractivity contribution >= 4 is 17.3 Å². The predicted molar refractivity (Wildman–Crippen MR) is 69.3 cm³/mol. The van der Waals surface area contributed by atoms with Gasteiger partial charge in [0, 0.05) is 19.2 Å². The number of halogens is 1. The zero-order valence-corrected chi connectivity index (χ0v) is 11.0. The van der Waals surface area contributed by atoms with Crippen LogP contribution in [0.5, 0.6) is 0 Å². The Balaban J connectivity index is 2.79. The van der Waals surface area contributed by atoms with E-state index in [1.165, 1.54) is 6.07 Å². The van der Waals surface area contributed by atoms with E-state index < -0.39 is 4.92 Å². The van der Waals surface area contributed by atoms with Crippen LogP contribution < -0.4 is 5.32 Å². The third-order valence-corrected chi connectivity index (χ3v) is 2.60. The Morgan fingerprint density at radius 2 is 2.06 bits per heavy atom. The molecule has 4 nitrogen and oxygen atoms in total. The third kappa shape index (κ3) is 4.32. The Morgan fingerprint density at radius 1 is 1.41 bits per heavy atom. The number of rotatable bonds is 4. The molecule has 0 amide bonds. The number of nitro benzene ring substituents is 1. The standard InChI is InChI=1S/C12H17ClN2O2/c1-12(2,3)8-14-7-9-10(13)5-4-6-11(9)15(16)17/h4-6,14H,7-8H2,1-3H3. The first-order chi connectivity index (χ1) is 7.81. The van der Waals surface area contributed by atoms with Crippen LogP contribution >= 0.6 is 11.6 Å². The van der Waals surface area contributed by atoms with Crippen LogP contribution in [0.3, 0.4) is 0 Å². The summed E-state index contributed by atoms with van der Waals surface area (Å²) in [6.45, 7) is 7.48. The molecule has 0 radical (unpaired) electrons. The topological polar surface area (TPSA) is 55.2 Å². The minimum absolute atomic E-state index is 0.0684. The highest BCUT2D eigenvalue weighted by atomic mass is 35.5. The van der Waals surface area contributed by atoms with Crippen LogP contribution in [-0.4, -0.2) is 11.5 Å². The summed E-state index contributed by atoms with van der Waals surface area (Å²) in [5, 5.41) is 14.5. The number of hydrogen-bond acceptors (Lipinski definition) is 3. The molecule has 1 aromatic carbocycles. The second kappa shape index (κ2) is 5.47. The van der Waals surface area contributed by atoms with Gasteiger partial charge in [-0.05, 0) is 11.5 Å². The van der Waals surface area contributed by atoms with Gasteiger partial charge in [-0.25, -0.2) is 0 Å². The highest BCUT2D eigenvalue weighted by Crippen LogP contribution is 2.26. The fraction of sp³-hybridized carbons (Fsp3) is 0.500. The van der Waals surface area contributed by atoms with Gasteiger partial charge in [-0.1, -0.05) is 38.4 Å². The van der Waals surface area contributed by atoms with E-state index in [0.29, 0.717) is 17.1 Å². The first kappa shape index (κ1) is 13.9. The summed E-state index contributed by atoms with van der Waals surface area (Å²) in [5.74, 6) is 0. The highest BCUT2D eigenvalue weighted by molar-refractivity contribution is 6.31. The minimum Gasteiger partial charge on any atom is -0.312 e. The zero-order valence-electron chi connectivity index (χ0n) is 10.3. The van der Waals surface area contributed by atoms with Crippen LogP contribution in [-0.2, 0) is 6.54 Å². The van der Waals surface area contributed by atoms with Gasteiger partial charge in [-0.2, -0.15) is 0 Å². The molecule has 1 aromatic rings. The van der Waals surface area contributed by atoms with Crippen molar-refractivity contribution in [2.24, 2.45) is 5.41 Å². The Bertz CT molecular complexity index is 413. The van der Waals surface area contributed by atoms with E-state index >= 15 is 0 Å².